The van der Waals surface area contributed by atoms with Gasteiger partial charge in [0.1, 0.15) is 0 Å². The van der Waals surface area contributed by atoms with Crippen LogP contribution in [0.3, 0.4) is 0 Å². The number of allylic oxidation sites excluding steroid dienone is 1. The summed E-state index contributed by atoms with van der Waals surface area (Å²) in [5.74, 6) is 0. The zero-order chi connectivity index (χ0) is 11.4. The average Bonchev–Trinajstić information content (AvgIpc) is 2.28. The fourth-order valence-corrected chi connectivity index (χ4v) is 2.30. The summed E-state index contributed by atoms with van der Waals surface area (Å²) >= 11 is -1.14. The first kappa shape index (κ1) is 11.6. The van der Waals surface area contributed by atoms with E-state index in [1.807, 2.05) is 0 Å². The molecule has 1 unspecified atom stereocenters. The molecule has 0 saturated carbocycles. The summed E-state index contributed by atoms with van der Waals surface area (Å²) < 4.78 is 15.8. The monoisotopic (exact) mass is 236 g/mol. The molecule has 1 aromatic rings. The van der Waals surface area contributed by atoms with Crippen molar-refractivity contribution in [2.75, 3.05) is 12.9 Å². The Balaban J connectivity index is 1.91. The largest absolute Gasteiger partial charge is 0.290 e. The highest BCUT2D eigenvalue weighted by Crippen LogP contribution is 2.22. The van der Waals surface area contributed by atoms with E-state index in [9.17, 15) is 4.21 Å². The average molecular weight is 236 g/mol. The highest BCUT2D eigenvalue weighted by atomic mass is 32.2. The summed E-state index contributed by atoms with van der Waals surface area (Å²) in [6.07, 6.45) is 6.74. The van der Waals surface area contributed by atoms with E-state index in [0.29, 0.717) is 6.61 Å². The number of benzene rings is 1. The van der Waals surface area contributed by atoms with E-state index in [2.05, 4.69) is 30.3 Å². The van der Waals surface area contributed by atoms with Crippen molar-refractivity contribution in [2.24, 2.45) is 0 Å². The third kappa shape index (κ3) is 3.03. The number of rotatable bonds is 4. The van der Waals surface area contributed by atoms with Gasteiger partial charge in [0.15, 0.2) is 11.1 Å². The molecule has 0 spiro atoms. The summed E-state index contributed by atoms with van der Waals surface area (Å²) in [6, 6.07) is 8.53. The Hall–Kier alpha value is -0.930. The molecule has 0 aromatic heterocycles. The van der Waals surface area contributed by atoms with Crippen LogP contribution in [0.4, 0.5) is 0 Å². The van der Waals surface area contributed by atoms with Crippen molar-refractivity contribution < 1.29 is 8.39 Å². The summed E-state index contributed by atoms with van der Waals surface area (Å²) in [5, 5.41) is 0. The van der Waals surface area contributed by atoms with E-state index in [1.165, 1.54) is 16.7 Å². The van der Waals surface area contributed by atoms with Gasteiger partial charge in [-0.15, -0.1) is 0 Å². The molecule has 0 radical (unpaired) electrons. The summed E-state index contributed by atoms with van der Waals surface area (Å²) in [7, 11) is 0. The Morgan fingerprint density at radius 3 is 2.81 bits per heavy atom. The first-order valence-corrected chi connectivity index (χ1v) is 6.95. The molecule has 1 atom stereocenters. The van der Waals surface area contributed by atoms with E-state index in [1.54, 1.807) is 6.26 Å². The minimum Gasteiger partial charge on any atom is -0.290 e. The van der Waals surface area contributed by atoms with Crippen molar-refractivity contribution >= 4 is 11.1 Å². The Labute approximate surface area is 99.0 Å². The Morgan fingerprint density at radius 2 is 2.06 bits per heavy atom. The van der Waals surface area contributed by atoms with Gasteiger partial charge in [-0.3, -0.25) is 4.18 Å². The quantitative estimate of drug-likeness (QED) is 0.750. The van der Waals surface area contributed by atoms with Crippen LogP contribution < -0.4 is 0 Å². The number of hydrogen-bond donors (Lipinski definition) is 0. The maximum Gasteiger partial charge on any atom is 0.152 e. The molecule has 0 bridgehead atoms. The molecule has 1 aliphatic rings. The molecule has 0 fully saturated rings. The third-order valence-electron chi connectivity index (χ3n) is 2.82. The topological polar surface area (TPSA) is 26.3 Å². The lowest BCUT2D eigenvalue weighted by molar-refractivity contribution is 0.353. The fourth-order valence-electron chi connectivity index (χ4n) is 1.98. The highest BCUT2D eigenvalue weighted by molar-refractivity contribution is 7.79. The smallest absolute Gasteiger partial charge is 0.152 e. The lowest BCUT2D eigenvalue weighted by Crippen LogP contribution is -2.06. The molecule has 1 aliphatic carbocycles. The maximum atomic E-state index is 10.8. The molecule has 0 N–H and O–H groups in total. The predicted molar refractivity (Wildman–Crippen MR) is 66.6 cm³/mol. The zero-order valence-corrected chi connectivity index (χ0v) is 10.3. The Bertz CT molecular complexity index is 424. The first-order valence-electron chi connectivity index (χ1n) is 5.47. The Kier molecular flexibility index (Phi) is 3.91. The van der Waals surface area contributed by atoms with E-state index in [-0.39, 0.29) is 0 Å². The first-order chi connectivity index (χ1) is 7.75. The third-order valence-corrected chi connectivity index (χ3v) is 3.32. The van der Waals surface area contributed by atoms with Crippen LogP contribution in [0.2, 0.25) is 0 Å². The van der Waals surface area contributed by atoms with Gasteiger partial charge < -0.3 is 0 Å². The van der Waals surface area contributed by atoms with Crippen LogP contribution in [-0.2, 0) is 28.1 Å². The summed E-state index contributed by atoms with van der Waals surface area (Å²) in [6.45, 7) is 0.553. The molecule has 16 heavy (non-hydrogen) atoms. The summed E-state index contributed by atoms with van der Waals surface area (Å²) in [5.41, 5.74) is 4.23. The molecule has 86 valence electrons. The van der Waals surface area contributed by atoms with E-state index >= 15 is 0 Å². The highest BCUT2D eigenvalue weighted by Gasteiger charge is 2.09. The van der Waals surface area contributed by atoms with Gasteiger partial charge in [-0.2, -0.15) is 0 Å². The molecule has 0 heterocycles. The standard InChI is InChI=1S/C13H16O2S/c1-16(14)15-9-8-11-6-7-12-4-2-3-5-13(12)10-11/h2-6H,7-10H2,1H3. The summed E-state index contributed by atoms with van der Waals surface area (Å²) in [4.78, 5) is 0. The lowest BCUT2D eigenvalue weighted by atomic mass is 9.90. The Morgan fingerprint density at radius 1 is 1.31 bits per heavy atom. The second-order valence-corrected chi connectivity index (χ2v) is 5.02. The molecule has 1 aromatic carbocycles. The second kappa shape index (κ2) is 5.41. The molecule has 2 rings (SSSR count). The predicted octanol–water partition coefficient (Wildman–Crippen LogP) is 2.41. The van der Waals surface area contributed by atoms with Crippen LogP contribution in [0.1, 0.15) is 17.5 Å². The van der Waals surface area contributed by atoms with Crippen LogP contribution in [0.5, 0.6) is 0 Å². The van der Waals surface area contributed by atoms with Crippen molar-refractivity contribution in [1.29, 1.82) is 0 Å². The van der Waals surface area contributed by atoms with Crippen molar-refractivity contribution in [2.45, 2.75) is 19.3 Å². The fraction of sp³-hybridized carbons (Fsp3) is 0.385. The zero-order valence-electron chi connectivity index (χ0n) is 9.44. The van der Waals surface area contributed by atoms with Gasteiger partial charge >= 0.3 is 0 Å². The van der Waals surface area contributed by atoms with Gasteiger partial charge in [0.05, 0.1) is 6.61 Å². The number of fused-ring (bicyclic) bond motifs is 1. The van der Waals surface area contributed by atoms with Crippen LogP contribution in [-0.4, -0.2) is 17.1 Å². The van der Waals surface area contributed by atoms with E-state index in [4.69, 9.17) is 4.18 Å². The maximum absolute atomic E-state index is 10.8. The SMILES string of the molecule is CS(=O)OCCC1=CCc2ccccc2C1. The van der Waals surface area contributed by atoms with Crippen molar-refractivity contribution in [3.8, 4) is 0 Å². The molecular weight excluding hydrogens is 220 g/mol. The van der Waals surface area contributed by atoms with Gasteiger partial charge in [-0.25, -0.2) is 4.21 Å². The molecule has 0 amide bonds. The van der Waals surface area contributed by atoms with E-state index < -0.39 is 11.1 Å². The van der Waals surface area contributed by atoms with Crippen LogP contribution >= 0.6 is 0 Å². The molecule has 0 aliphatic heterocycles. The second-order valence-electron chi connectivity index (χ2n) is 3.99. The van der Waals surface area contributed by atoms with Gasteiger partial charge in [-0.1, -0.05) is 35.9 Å². The van der Waals surface area contributed by atoms with Crippen LogP contribution in [0.25, 0.3) is 0 Å². The van der Waals surface area contributed by atoms with Crippen LogP contribution in [0, 0.1) is 0 Å². The van der Waals surface area contributed by atoms with Gasteiger partial charge in [0.25, 0.3) is 0 Å². The molecule has 0 saturated heterocycles. The number of hydrogen-bond acceptors (Lipinski definition) is 2. The van der Waals surface area contributed by atoms with Gasteiger partial charge in [-0.05, 0) is 30.4 Å². The normalized spacial score (nSPS) is 16.4. The van der Waals surface area contributed by atoms with E-state index in [0.717, 1.165) is 19.3 Å². The van der Waals surface area contributed by atoms with Gasteiger partial charge in [0.2, 0.25) is 0 Å². The van der Waals surface area contributed by atoms with Crippen LogP contribution in [0.15, 0.2) is 35.9 Å². The van der Waals surface area contributed by atoms with Crippen molar-refractivity contribution in [1.82, 2.24) is 0 Å². The lowest BCUT2D eigenvalue weighted by Gasteiger charge is -2.16. The minimum atomic E-state index is -1.14. The van der Waals surface area contributed by atoms with Crippen molar-refractivity contribution in [3.63, 3.8) is 0 Å². The molecule has 3 heteroatoms. The minimum absolute atomic E-state index is 0.553. The molecule has 2 nitrogen and oxygen atoms in total. The van der Waals surface area contributed by atoms with Crippen molar-refractivity contribution in [3.05, 3.63) is 47.0 Å². The molecular formula is C13H16O2S. The van der Waals surface area contributed by atoms with Gasteiger partial charge in [0, 0.05) is 6.26 Å².